The lowest BCUT2D eigenvalue weighted by atomic mass is 10.2. The normalized spacial score (nSPS) is 11.2. The molecule has 0 saturated carbocycles. The molecule has 5 aromatic rings. The number of ether oxygens (including phenoxy) is 1. The summed E-state index contributed by atoms with van der Waals surface area (Å²) in [6, 6.07) is 22.4. The van der Waals surface area contributed by atoms with Crippen molar-refractivity contribution in [2.24, 2.45) is 0 Å². The first-order chi connectivity index (χ1) is 15.6. The van der Waals surface area contributed by atoms with Crippen molar-refractivity contribution < 1.29 is 14.3 Å². The van der Waals surface area contributed by atoms with E-state index in [0.717, 1.165) is 33.1 Å². The standard InChI is InChI=1S/C25H20N4O3/c1-32-25(31)16-7-6-8-17(15-16)26-22(30)13-14-29-21-12-5-2-9-18(21)23-24(29)28-20-11-4-3-10-19(20)27-23/h2-12,15H,13-14H2,1H3,(H,26,30). The number of para-hydroxylation sites is 3. The Kier molecular flexibility index (Phi) is 4.99. The van der Waals surface area contributed by atoms with Crippen LogP contribution in [0.3, 0.4) is 0 Å². The van der Waals surface area contributed by atoms with E-state index in [1.165, 1.54) is 7.11 Å². The molecule has 5 rings (SSSR count). The molecular weight excluding hydrogens is 404 g/mol. The van der Waals surface area contributed by atoms with Crippen LogP contribution in [0.5, 0.6) is 0 Å². The van der Waals surface area contributed by atoms with Gasteiger partial charge in [-0.1, -0.05) is 36.4 Å². The highest BCUT2D eigenvalue weighted by molar-refractivity contribution is 6.06. The number of hydrogen-bond donors (Lipinski definition) is 1. The average Bonchev–Trinajstić information content (AvgIpc) is 3.13. The van der Waals surface area contributed by atoms with Gasteiger partial charge in [0.25, 0.3) is 0 Å². The van der Waals surface area contributed by atoms with Gasteiger partial charge in [-0.15, -0.1) is 0 Å². The highest BCUT2D eigenvalue weighted by Gasteiger charge is 2.15. The fraction of sp³-hybridized carbons (Fsp3) is 0.120. The number of aromatic nitrogens is 3. The number of anilines is 1. The van der Waals surface area contributed by atoms with Crippen molar-refractivity contribution in [3.63, 3.8) is 0 Å². The number of hydrogen-bond acceptors (Lipinski definition) is 5. The minimum Gasteiger partial charge on any atom is -0.465 e. The Morgan fingerprint density at radius 3 is 2.50 bits per heavy atom. The molecule has 0 fully saturated rings. The first-order valence-electron chi connectivity index (χ1n) is 10.3. The number of esters is 1. The molecule has 0 saturated heterocycles. The maximum atomic E-state index is 12.7. The number of carbonyl (C=O) groups excluding carboxylic acids is 2. The van der Waals surface area contributed by atoms with Gasteiger partial charge < -0.3 is 14.6 Å². The van der Waals surface area contributed by atoms with Gasteiger partial charge in [0.05, 0.1) is 29.2 Å². The maximum Gasteiger partial charge on any atom is 0.337 e. The summed E-state index contributed by atoms with van der Waals surface area (Å²) in [5, 5.41) is 3.86. The molecule has 0 spiro atoms. The summed E-state index contributed by atoms with van der Waals surface area (Å²) in [7, 11) is 1.32. The molecule has 0 bridgehead atoms. The van der Waals surface area contributed by atoms with Crippen LogP contribution >= 0.6 is 0 Å². The molecule has 0 atom stereocenters. The van der Waals surface area contributed by atoms with E-state index in [2.05, 4.69) is 5.32 Å². The van der Waals surface area contributed by atoms with Gasteiger partial charge in [-0.05, 0) is 36.4 Å². The number of aryl methyl sites for hydroxylation is 1. The SMILES string of the molecule is COC(=O)c1cccc(NC(=O)CCn2c3ccccc3c3nc4ccccc4nc32)c1. The van der Waals surface area contributed by atoms with E-state index >= 15 is 0 Å². The Labute approximate surface area is 183 Å². The topological polar surface area (TPSA) is 86.1 Å². The maximum absolute atomic E-state index is 12.7. The summed E-state index contributed by atoms with van der Waals surface area (Å²) in [5.41, 5.74) is 5.15. The number of nitrogens with one attached hydrogen (secondary N) is 1. The fourth-order valence-electron chi connectivity index (χ4n) is 3.89. The predicted octanol–water partition coefficient (Wildman–Crippen LogP) is 4.55. The molecule has 7 nitrogen and oxygen atoms in total. The van der Waals surface area contributed by atoms with E-state index in [-0.39, 0.29) is 12.3 Å². The van der Waals surface area contributed by atoms with Crippen LogP contribution in [0.2, 0.25) is 0 Å². The molecule has 1 N–H and O–H groups in total. The van der Waals surface area contributed by atoms with Gasteiger partial charge in [-0.2, -0.15) is 0 Å². The number of benzene rings is 3. The molecule has 0 radical (unpaired) electrons. The summed E-state index contributed by atoms with van der Waals surface area (Å²) < 4.78 is 6.77. The third kappa shape index (κ3) is 3.54. The highest BCUT2D eigenvalue weighted by Crippen LogP contribution is 2.28. The molecule has 0 aliphatic heterocycles. The van der Waals surface area contributed by atoms with Crippen LogP contribution in [0.15, 0.2) is 72.8 Å². The Hall–Kier alpha value is -4.26. The number of fused-ring (bicyclic) bond motifs is 4. The summed E-state index contributed by atoms with van der Waals surface area (Å²) in [5.74, 6) is -0.608. The molecule has 0 aliphatic rings. The van der Waals surface area contributed by atoms with Crippen LogP contribution in [0.25, 0.3) is 33.1 Å². The molecule has 0 aliphatic carbocycles. The predicted molar refractivity (Wildman–Crippen MR) is 124 cm³/mol. The zero-order chi connectivity index (χ0) is 22.1. The average molecular weight is 424 g/mol. The quantitative estimate of drug-likeness (QED) is 0.418. The molecule has 2 heterocycles. The zero-order valence-electron chi connectivity index (χ0n) is 17.4. The van der Waals surface area contributed by atoms with E-state index in [0.29, 0.717) is 17.8 Å². The summed E-state index contributed by atoms with van der Waals surface area (Å²) >= 11 is 0. The van der Waals surface area contributed by atoms with Gasteiger partial charge in [-0.25, -0.2) is 14.8 Å². The third-order valence-corrected chi connectivity index (χ3v) is 5.39. The van der Waals surface area contributed by atoms with Crippen molar-refractivity contribution in [3.8, 4) is 0 Å². The van der Waals surface area contributed by atoms with Gasteiger partial charge in [0.1, 0.15) is 5.52 Å². The second-order valence-electron chi connectivity index (χ2n) is 7.42. The van der Waals surface area contributed by atoms with Gasteiger partial charge in [0.15, 0.2) is 5.65 Å². The Bertz CT molecular complexity index is 1490. The van der Waals surface area contributed by atoms with Crippen LogP contribution in [0.1, 0.15) is 16.8 Å². The van der Waals surface area contributed by atoms with Crippen LogP contribution in [-0.4, -0.2) is 33.5 Å². The molecule has 158 valence electrons. The number of nitrogens with zero attached hydrogens (tertiary/aromatic N) is 3. The third-order valence-electron chi connectivity index (χ3n) is 5.39. The van der Waals surface area contributed by atoms with E-state index in [1.54, 1.807) is 24.3 Å². The second kappa shape index (κ2) is 8.11. The van der Waals surface area contributed by atoms with Crippen molar-refractivity contribution in [1.82, 2.24) is 14.5 Å². The lowest BCUT2D eigenvalue weighted by Crippen LogP contribution is -2.15. The van der Waals surface area contributed by atoms with Gasteiger partial charge in [-0.3, -0.25) is 4.79 Å². The smallest absolute Gasteiger partial charge is 0.337 e. The summed E-state index contributed by atoms with van der Waals surface area (Å²) in [4.78, 5) is 34.1. The Morgan fingerprint density at radius 2 is 1.69 bits per heavy atom. The van der Waals surface area contributed by atoms with Gasteiger partial charge >= 0.3 is 5.97 Å². The van der Waals surface area contributed by atoms with E-state index in [9.17, 15) is 9.59 Å². The van der Waals surface area contributed by atoms with Crippen molar-refractivity contribution in [2.75, 3.05) is 12.4 Å². The van der Waals surface area contributed by atoms with Crippen LogP contribution in [-0.2, 0) is 16.1 Å². The highest BCUT2D eigenvalue weighted by atomic mass is 16.5. The zero-order valence-corrected chi connectivity index (χ0v) is 17.4. The van der Waals surface area contributed by atoms with Crippen molar-refractivity contribution in [1.29, 1.82) is 0 Å². The number of methoxy groups -OCH3 is 1. The van der Waals surface area contributed by atoms with Gasteiger partial charge in [0, 0.05) is 24.0 Å². The summed E-state index contributed by atoms with van der Waals surface area (Å²) in [6.07, 6.45) is 0.241. The van der Waals surface area contributed by atoms with Crippen LogP contribution < -0.4 is 5.32 Å². The molecular formula is C25H20N4O3. The number of rotatable bonds is 5. The fourth-order valence-corrected chi connectivity index (χ4v) is 3.89. The lowest BCUT2D eigenvalue weighted by Gasteiger charge is -2.09. The van der Waals surface area contributed by atoms with E-state index < -0.39 is 5.97 Å². The van der Waals surface area contributed by atoms with Crippen molar-refractivity contribution >= 4 is 50.7 Å². The first-order valence-corrected chi connectivity index (χ1v) is 10.3. The number of amides is 1. The van der Waals surface area contributed by atoms with E-state index in [4.69, 9.17) is 14.7 Å². The van der Waals surface area contributed by atoms with E-state index in [1.807, 2.05) is 53.1 Å². The minimum absolute atomic E-state index is 0.160. The van der Waals surface area contributed by atoms with Crippen molar-refractivity contribution in [2.45, 2.75) is 13.0 Å². The molecule has 7 heteroatoms. The monoisotopic (exact) mass is 424 g/mol. The molecule has 3 aromatic carbocycles. The van der Waals surface area contributed by atoms with Gasteiger partial charge in [0.2, 0.25) is 5.91 Å². The number of carbonyl (C=O) groups is 2. The molecule has 0 unspecified atom stereocenters. The largest absolute Gasteiger partial charge is 0.465 e. The molecule has 32 heavy (non-hydrogen) atoms. The first kappa shape index (κ1) is 19.7. The minimum atomic E-state index is -0.447. The molecule has 1 amide bonds. The second-order valence-corrected chi connectivity index (χ2v) is 7.42. The lowest BCUT2D eigenvalue weighted by molar-refractivity contribution is -0.116. The van der Waals surface area contributed by atoms with Crippen molar-refractivity contribution in [3.05, 3.63) is 78.4 Å². The van der Waals surface area contributed by atoms with Crippen LogP contribution in [0, 0.1) is 0 Å². The summed E-state index contributed by atoms with van der Waals surface area (Å²) in [6.45, 7) is 0.444. The molecule has 2 aromatic heterocycles. The Balaban J connectivity index is 1.44. The Morgan fingerprint density at radius 1 is 0.938 bits per heavy atom. The van der Waals surface area contributed by atoms with Crippen LogP contribution in [0.4, 0.5) is 5.69 Å².